The SMILES string of the molecule is Cc1ccc(N(c2ccc([Si](C)(C)C)cc2)c2ccc3cc4c5ccc(N(c6ccc([Si](C)(C)C)cc6)c6ccc([Si](C)(C)C)cc6)cc5n(-c5ccc(-c6ccccc6)cc5)c4cc3c2)cc1. The van der Waals surface area contributed by atoms with E-state index in [1.54, 1.807) is 0 Å². The lowest BCUT2D eigenvalue weighted by molar-refractivity contribution is 1.18. The molecule has 0 saturated heterocycles. The lowest BCUT2D eigenvalue weighted by Crippen LogP contribution is -2.37. The van der Waals surface area contributed by atoms with Crippen LogP contribution in [-0.2, 0) is 0 Å². The van der Waals surface area contributed by atoms with Crippen LogP contribution in [0.2, 0.25) is 58.9 Å². The highest BCUT2D eigenvalue weighted by atomic mass is 28.3. The Kier molecular flexibility index (Phi) is 11.6. The number of hydrogen-bond donors (Lipinski definition) is 0. The normalized spacial score (nSPS) is 12.3. The average Bonchev–Trinajstić information content (AvgIpc) is 3.63. The zero-order valence-electron chi connectivity index (χ0n) is 41.4. The van der Waals surface area contributed by atoms with Gasteiger partial charge in [0.2, 0.25) is 0 Å². The maximum Gasteiger partial charge on any atom is 0.0775 e. The maximum absolute atomic E-state index is 2.49. The fourth-order valence-electron chi connectivity index (χ4n) is 9.65. The topological polar surface area (TPSA) is 11.4 Å². The Hall–Kier alpha value is -6.71. The summed E-state index contributed by atoms with van der Waals surface area (Å²) in [4.78, 5) is 4.85. The largest absolute Gasteiger partial charge is 0.310 e. The zero-order valence-corrected chi connectivity index (χ0v) is 44.4. The van der Waals surface area contributed by atoms with Crippen LogP contribution in [0.4, 0.5) is 34.1 Å². The molecule has 10 rings (SSSR count). The van der Waals surface area contributed by atoms with Crippen LogP contribution in [0.5, 0.6) is 0 Å². The highest BCUT2D eigenvalue weighted by molar-refractivity contribution is 6.89. The quantitative estimate of drug-likeness (QED) is 0.120. The number of benzene rings is 9. The number of anilines is 6. The van der Waals surface area contributed by atoms with Crippen molar-refractivity contribution in [1.82, 2.24) is 4.57 Å². The smallest absolute Gasteiger partial charge is 0.0775 e. The van der Waals surface area contributed by atoms with Crippen molar-refractivity contribution in [2.24, 2.45) is 0 Å². The van der Waals surface area contributed by atoms with E-state index in [2.05, 4.69) is 280 Å². The summed E-state index contributed by atoms with van der Waals surface area (Å²) in [6, 6.07) is 75.6. The predicted octanol–water partition coefficient (Wildman–Crippen LogP) is 16.5. The molecule has 6 heteroatoms. The predicted molar refractivity (Wildman–Crippen MR) is 307 cm³/mol. The second-order valence-corrected chi connectivity index (χ2v) is 37.0. The third-order valence-corrected chi connectivity index (χ3v) is 19.9. The van der Waals surface area contributed by atoms with Crippen molar-refractivity contribution in [2.75, 3.05) is 9.80 Å². The molecule has 0 bridgehead atoms. The van der Waals surface area contributed by atoms with E-state index < -0.39 is 24.2 Å². The minimum Gasteiger partial charge on any atom is -0.310 e. The molecule has 338 valence electrons. The number of aromatic nitrogens is 1. The summed E-state index contributed by atoms with van der Waals surface area (Å²) in [5.41, 5.74) is 14.0. The van der Waals surface area contributed by atoms with Crippen molar-refractivity contribution in [1.29, 1.82) is 0 Å². The third-order valence-electron chi connectivity index (χ3n) is 13.7. The van der Waals surface area contributed by atoms with Crippen molar-refractivity contribution in [3.05, 3.63) is 206 Å². The summed E-state index contributed by atoms with van der Waals surface area (Å²) < 4.78 is 2.49. The lowest BCUT2D eigenvalue weighted by atomic mass is 10.0. The van der Waals surface area contributed by atoms with E-state index in [0.29, 0.717) is 0 Å². The van der Waals surface area contributed by atoms with Crippen molar-refractivity contribution in [3.8, 4) is 16.8 Å². The molecule has 0 fully saturated rings. The van der Waals surface area contributed by atoms with Gasteiger partial charge in [0, 0.05) is 50.6 Å². The molecule has 1 heterocycles. The van der Waals surface area contributed by atoms with Crippen LogP contribution in [-0.4, -0.2) is 28.8 Å². The molecule has 0 N–H and O–H groups in total. The first-order valence-electron chi connectivity index (χ1n) is 24.2. The third kappa shape index (κ3) is 8.80. The maximum atomic E-state index is 2.49. The standard InChI is InChI=1S/C62H63N3Si3/c1-44-16-21-49(22-17-44)63(50-26-33-56(34-27-50)66(2,3)4)54-25-20-47-41-60-59-39-32-55(64(51-28-35-57(36-29-51)67(5,6)7)52-30-37-58(38-31-52)68(8,9)10)43-62(59)65(61(60)42-48(47)40-54)53-23-18-46(19-24-53)45-14-12-11-13-15-45/h11-43H,1-10H3. The van der Waals surface area contributed by atoms with E-state index in [-0.39, 0.29) is 0 Å². The van der Waals surface area contributed by atoms with Gasteiger partial charge in [-0.05, 0) is 126 Å². The number of hydrogen-bond acceptors (Lipinski definition) is 2. The van der Waals surface area contributed by atoms with Gasteiger partial charge >= 0.3 is 0 Å². The van der Waals surface area contributed by atoms with Crippen LogP contribution < -0.4 is 25.4 Å². The molecule has 3 nitrogen and oxygen atoms in total. The Morgan fingerprint density at radius 1 is 0.324 bits per heavy atom. The van der Waals surface area contributed by atoms with Gasteiger partial charge in [-0.2, -0.15) is 0 Å². The van der Waals surface area contributed by atoms with Crippen LogP contribution in [0.15, 0.2) is 200 Å². The van der Waals surface area contributed by atoms with E-state index >= 15 is 0 Å². The first kappa shape index (κ1) is 45.1. The molecule has 0 spiro atoms. The van der Waals surface area contributed by atoms with Gasteiger partial charge in [0.15, 0.2) is 0 Å². The molecule has 0 saturated carbocycles. The van der Waals surface area contributed by atoms with E-state index in [4.69, 9.17) is 0 Å². The highest BCUT2D eigenvalue weighted by Gasteiger charge is 2.23. The Morgan fingerprint density at radius 3 is 1.22 bits per heavy atom. The van der Waals surface area contributed by atoms with Crippen molar-refractivity contribution < 1.29 is 0 Å². The summed E-state index contributed by atoms with van der Waals surface area (Å²) in [6.45, 7) is 23.9. The molecule has 0 amide bonds. The second-order valence-electron chi connectivity index (χ2n) is 21.7. The van der Waals surface area contributed by atoms with Crippen molar-refractivity contribution in [2.45, 2.75) is 65.8 Å². The van der Waals surface area contributed by atoms with Gasteiger partial charge in [-0.3, -0.25) is 0 Å². The van der Waals surface area contributed by atoms with Gasteiger partial charge in [-0.15, -0.1) is 0 Å². The summed E-state index contributed by atoms with van der Waals surface area (Å²) >= 11 is 0. The first-order chi connectivity index (χ1) is 32.5. The zero-order chi connectivity index (χ0) is 47.5. The Balaban J connectivity index is 1.18. The van der Waals surface area contributed by atoms with Crippen molar-refractivity contribution >= 4 is 106 Å². The Bertz CT molecular complexity index is 3350. The molecule has 9 aromatic carbocycles. The molecule has 0 aliphatic rings. The Labute approximate surface area is 407 Å². The van der Waals surface area contributed by atoms with E-state index in [1.807, 2.05) is 0 Å². The number of rotatable bonds is 11. The average molecular weight is 934 g/mol. The molecule has 0 unspecified atom stereocenters. The highest BCUT2D eigenvalue weighted by Crippen LogP contribution is 2.42. The van der Waals surface area contributed by atoms with E-state index in [0.717, 1.165) is 39.8 Å². The van der Waals surface area contributed by atoms with Gasteiger partial charge in [0.1, 0.15) is 0 Å². The Morgan fingerprint density at radius 2 is 0.735 bits per heavy atom. The summed E-state index contributed by atoms with van der Waals surface area (Å²) in [5, 5.41) is 9.26. The van der Waals surface area contributed by atoms with Gasteiger partial charge in [0.25, 0.3) is 0 Å². The molecule has 0 aliphatic heterocycles. The second kappa shape index (κ2) is 17.4. The first-order valence-corrected chi connectivity index (χ1v) is 34.7. The van der Waals surface area contributed by atoms with Crippen LogP contribution >= 0.6 is 0 Å². The summed E-state index contributed by atoms with van der Waals surface area (Å²) in [5.74, 6) is 0. The summed E-state index contributed by atoms with van der Waals surface area (Å²) in [7, 11) is -4.47. The van der Waals surface area contributed by atoms with Crippen LogP contribution in [0.3, 0.4) is 0 Å². The van der Waals surface area contributed by atoms with Gasteiger partial charge in [0.05, 0.1) is 35.3 Å². The molecule has 0 aliphatic carbocycles. The number of aryl methyl sites for hydroxylation is 1. The van der Waals surface area contributed by atoms with Crippen LogP contribution in [0.1, 0.15) is 5.56 Å². The number of nitrogens with zero attached hydrogens (tertiary/aromatic N) is 3. The minimum atomic E-state index is -1.50. The molecular formula is C62H63N3Si3. The van der Waals surface area contributed by atoms with E-state index in [9.17, 15) is 0 Å². The fraction of sp³-hybridized carbons (Fsp3) is 0.161. The van der Waals surface area contributed by atoms with Crippen molar-refractivity contribution in [3.63, 3.8) is 0 Å². The van der Waals surface area contributed by atoms with Crippen LogP contribution in [0, 0.1) is 6.92 Å². The molecule has 68 heavy (non-hydrogen) atoms. The monoisotopic (exact) mass is 933 g/mol. The molecular weight excluding hydrogens is 871 g/mol. The van der Waals surface area contributed by atoms with Gasteiger partial charge in [-0.1, -0.05) is 183 Å². The van der Waals surface area contributed by atoms with Gasteiger partial charge < -0.3 is 14.4 Å². The molecule has 0 atom stereocenters. The summed E-state index contributed by atoms with van der Waals surface area (Å²) in [6.07, 6.45) is 0. The van der Waals surface area contributed by atoms with Gasteiger partial charge in [-0.25, -0.2) is 0 Å². The van der Waals surface area contributed by atoms with Crippen LogP contribution in [0.25, 0.3) is 49.4 Å². The molecule has 0 radical (unpaired) electrons. The van der Waals surface area contributed by atoms with E-state index in [1.165, 1.54) is 64.8 Å². The molecule has 10 aromatic rings. The lowest BCUT2D eigenvalue weighted by Gasteiger charge is -2.28. The number of fused-ring (bicyclic) bond motifs is 4. The fourth-order valence-corrected chi connectivity index (χ4v) is 13.1. The minimum absolute atomic E-state index is 1.13. The molecule has 1 aromatic heterocycles.